The Morgan fingerprint density at radius 2 is 1.54 bits per heavy atom. The largest absolute Gasteiger partial charge is 0.465 e. The van der Waals surface area contributed by atoms with Crippen LogP contribution < -0.4 is 4.90 Å². The highest BCUT2D eigenvalue weighted by Gasteiger charge is 2.32. The smallest absolute Gasteiger partial charge is 0.282 e. The van der Waals surface area contributed by atoms with Gasteiger partial charge in [-0.25, -0.2) is 4.99 Å². The maximum atomic E-state index is 13.3. The molecule has 1 aliphatic heterocycles. The fraction of sp³-hybridized carbons (Fsp3) is 0.100. The zero-order valence-corrected chi connectivity index (χ0v) is 19.1. The van der Waals surface area contributed by atoms with E-state index in [0.29, 0.717) is 35.8 Å². The van der Waals surface area contributed by atoms with E-state index in [1.807, 2.05) is 84.9 Å². The second-order valence-corrected chi connectivity index (χ2v) is 8.35. The molecule has 0 atom stereocenters. The van der Waals surface area contributed by atoms with Gasteiger partial charge in [-0.2, -0.15) is 0 Å². The summed E-state index contributed by atoms with van der Waals surface area (Å²) >= 11 is 0. The van der Waals surface area contributed by atoms with Crippen LogP contribution in [0.4, 0.5) is 5.69 Å². The highest BCUT2D eigenvalue weighted by Crippen LogP contribution is 2.28. The quantitative estimate of drug-likeness (QED) is 0.310. The van der Waals surface area contributed by atoms with Crippen LogP contribution in [0.5, 0.6) is 0 Å². The SMILES string of the molecule is O=C(CCc1ccccc1)Cc1ccc(N2C(=O)/C(=C/c3ccco3)N=C2c2ccccc2)cc1. The third-order valence-corrected chi connectivity index (χ3v) is 5.85. The van der Waals surface area contributed by atoms with Crippen LogP contribution in [0.1, 0.15) is 28.9 Å². The monoisotopic (exact) mass is 460 g/mol. The molecule has 0 bridgehead atoms. The fourth-order valence-corrected chi connectivity index (χ4v) is 4.05. The van der Waals surface area contributed by atoms with Gasteiger partial charge >= 0.3 is 0 Å². The number of anilines is 1. The number of aliphatic imine (C=N–C) groups is 1. The van der Waals surface area contributed by atoms with Crippen LogP contribution in [0.2, 0.25) is 0 Å². The summed E-state index contributed by atoms with van der Waals surface area (Å²) in [7, 11) is 0. The number of Topliss-reactive ketones (excluding diaryl/α,β-unsaturated/α-hetero) is 1. The Hall–Kier alpha value is -4.51. The number of hydrogen-bond donors (Lipinski definition) is 0. The number of amides is 1. The van der Waals surface area contributed by atoms with Gasteiger partial charge in [0.15, 0.2) is 0 Å². The molecule has 35 heavy (non-hydrogen) atoms. The summed E-state index contributed by atoms with van der Waals surface area (Å²) in [6, 6.07) is 30.7. The first kappa shape index (κ1) is 22.3. The normalized spacial score (nSPS) is 14.4. The minimum atomic E-state index is -0.230. The second-order valence-electron chi connectivity index (χ2n) is 8.35. The van der Waals surface area contributed by atoms with E-state index in [1.54, 1.807) is 29.4 Å². The maximum Gasteiger partial charge on any atom is 0.282 e. The van der Waals surface area contributed by atoms with Gasteiger partial charge in [0.1, 0.15) is 23.1 Å². The summed E-state index contributed by atoms with van der Waals surface area (Å²) < 4.78 is 5.38. The van der Waals surface area contributed by atoms with E-state index in [2.05, 4.69) is 4.99 Å². The van der Waals surface area contributed by atoms with E-state index >= 15 is 0 Å². The Morgan fingerprint density at radius 1 is 0.829 bits per heavy atom. The zero-order valence-electron chi connectivity index (χ0n) is 19.1. The maximum absolute atomic E-state index is 13.3. The predicted octanol–water partition coefficient (Wildman–Crippen LogP) is 5.86. The number of aryl methyl sites for hydroxylation is 1. The van der Waals surface area contributed by atoms with Crippen molar-refractivity contribution in [2.45, 2.75) is 19.3 Å². The molecule has 1 aliphatic rings. The molecule has 172 valence electrons. The number of carbonyl (C=O) groups excluding carboxylic acids is 2. The van der Waals surface area contributed by atoms with E-state index in [4.69, 9.17) is 4.42 Å². The summed E-state index contributed by atoms with van der Waals surface area (Å²) in [4.78, 5) is 32.1. The standard InChI is InChI=1S/C30H24N2O3/c33-26(18-15-22-8-3-1-4-9-22)20-23-13-16-25(17-14-23)32-29(24-10-5-2-6-11-24)31-28(30(32)34)21-27-12-7-19-35-27/h1-14,16-17,19,21H,15,18,20H2/b28-21-. The lowest BCUT2D eigenvalue weighted by atomic mass is 10.0. The minimum Gasteiger partial charge on any atom is -0.465 e. The lowest BCUT2D eigenvalue weighted by molar-refractivity contribution is -0.118. The van der Waals surface area contributed by atoms with Crippen molar-refractivity contribution >= 4 is 29.3 Å². The molecule has 0 saturated heterocycles. The highest BCUT2D eigenvalue weighted by atomic mass is 16.3. The van der Waals surface area contributed by atoms with Gasteiger partial charge in [0.2, 0.25) is 0 Å². The van der Waals surface area contributed by atoms with Gasteiger partial charge in [-0.1, -0.05) is 72.8 Å². The number of amidine groups is 1. The van der Waals surface area contributed by atoms with Gasteiger partial charge in [-0.05, 0) is 41.8 Å². The fourth-order valence-electron chi connectivity index (χ4n) is 4.05. The average Bonchev–Trinajstić information content (AvgIpc) is 3.53. The molecule has 2 heterocycles. The minimum absolute atomic E-state index is 0.189. The van der Waals surface area contributed by atoms with Crippen molar-refractivity contribution in [1.82, 2.24) is 0 Å². The molecule has 5 nitrogen and oxygen atoms in total. The molecular formula is C30H24N2O3. The molecule has 0 radical (unpaired) electrons. The van der Waals surface area contributed by atoms with Gasteiger partial charge in [0.05, 0.1) is 12.0 Å². The number of rotatable bonds is 8. The van der Waals surface area contributed by atoms with Crippen molar-refractivity contribution in [3.63, 3.8) is 0 Å². The van der Waals surface area contributed by atoms with Crippen LogP contribution >= 0.6 is 0 Å². The Kier molecular flexibility index (Phi) is 6.48. The summed E-state index contributed by atoms with van der Waals surface area (Å²) in [6.07, 6.45) is 4.81. The summed E-state index contributed by atoms with van der Waals surface area (Å²) in [5, 5.41) is 0. The second kappa shape index (κ2) is 10.2. The third kappa shape index (κ3) is 5.20. The topological polar surface area (TPSA) is 62.9 Å². The Balaban J connectivity index is 1.34. The van der Waals surface area contributed by atoms with Crippen LogP contribution in [0.3, 0.4) is 0 Å². The first-order valence-corrected chi connectivity index (χ1v) is 11.6. The lowest BCUT2D eigenvalue weighted by Crippen LogP contribution is -2.32. The summed E-state index contributed by atoms with van der Waals surface area (Å²) in [6.45, 7) is 0. The van der Waals surface area contributed by atoms with E-state index in [9.17, 15) is 9.59 Å². The molecule has 1 amide bonds. The van der Waals surface area contributed by atoms with E-state index in [1.165, 1.54) is 0 Å². The molecule has 5 heteroatoms. The van der Waals surface area contributed by atoms with Crippen molar-refractivity contribution in [3.05, 3.63) is 131 Å². The van der Waals surface area contributed by atoms with Crippen LogP contribution in [-0.4, -0.2) is 17.5 Å². The van der Waals surface area contributed by atoms with Crippen molar-refractivity contribution in [2.24, 2.45) is 4.99 Å². The lowest BCUT2D eigenvalue weighted by Gasteiger charge is -2.19. The number of hydrogen-bond acceptors (Lipinski definition) is 4. The Bertz CT molecular complexity index is 1370. The Labute approximate surface area is 204 Å². The molecule has 4 aromatic rings. The van der Waals surface area contributed by atoms with E-state index in [0.717, 1.165) is 23.1 Å². The molecular weight excluding hydrogens is 436 g/mol. The molecule has 0 fully saturated rings. The first-order valence-electron chi connectivity index (χ1n) is 11.6. The molecule has 0 unspecified atom stereocenters. The van der Waals surface area contributed by atoms with Crippen LogP contribution in [0, 0.1) is 0 Å². The van der Waals surface area contributed by atoms with Crippen LogP contribution in [0.15, 0.2) is 118 Å². The van der Waals surface area contributed by atoms with Crippen molar-refractivity contribution in [1.29, 1.82) is 0 Å². The van der Waals surface area contributed by atoms with Gasteiger partial charge in [0.25, 0.3) is 5.91 Å². The number of ketones is 1. The van der Waals surface area contributed by atoms with Gasteiger partial charge in [-0.15, -0.1) is 0 Å². The zero-order chi connectivity index (χ0) is 24.0. The number of benzene rings is 3. The summed E-state index contributed by atoms with van der Waals surface area (Å²) in [5.74, 6) is 1.08. The molecule has 5 rings (SSSR count). The third-order valence-electron chi connectivity index (χ3n) is 5.85. The molecule has 0 saturated carbocycles. The van der Waals surface area contributed by atoms with E-state index in [-0.39, 0.29) is 11.7 Å². The molecule has 0 spiro atoms. The van der Waals surface area contributed by atoms with Crippen molar-refractivity contribution in [2.75, 3.05) is 4.90 Å². The number of furan rings is 1. The van der Waals surface area contributed by atoms with Gasteiger partial charge in [0, 0.05) is 24.5 Å². The molecule has 0 aliphatic carbocycles. The van der Waals surface area contributed by atoms with Crippen LogP contribution in [-0.2, 0) is 22.4 Å². The van der Waals surface area contributed by atoms with E-state index < -0.39 is 0 Å². The molecule has 3 aromatic carbocycles. The van der Waals surface area contributed by atoms with Crippen molar-refractivity contribution in [3.8, 4) is 0 Å². The number of carbonyl (C=O) groups is 2. The molecule has 0 N–H and O–H groups in total. The predicted molar refractivity (Wildman–Crippen MR) is 137 cm³/mol. The van der Waals surface area contributed by atoms with Gasteiger partial charge < -0.3 is 4.42 Å². The first-order chi connectivity index (χ1) is 17.2. The highest BCUT2D eigenvalue weighted by molar-refractivity contribution is 6.33. The van der Waals surface area contributed by atoms with Gasteiger partial charge in [-0.3, -0.25) is 14.5 Å². The number of nitrogens with zero attached hydrogens (tertiary/aromatic N) is 2. The van der Waals surface area contributed by atoms with Crippen molar-refractivity contribution < 1.29 is 14.0 Å². The Morgan fingerprint density at radius 3 is 2.23 bits per heavy atom. The summed E-state index contributed by atoms with van der Waals surface area (Å²) in [5.41, 5.74) is 3.92. The average molecular weight is 461 g/mol. The molecule has 1 aromatic heterocycles. The van der Waals surface area contributed by atoms with Crippen LogP contribution in [0.25, 0.3) is 6.08 Å².